The second kappa shape index (κ2) is 14.4. The number of aryl methyl sites for hydroxylation is 1. The van der Waals surface area contributed by atoms with Crippen LogP contribution in [0, 0.1) is 0 Å². The first-order valence-corrected chi connectivity index (χ1v) is 9.18. The molecule has 0 radical (unpaired) electrons. The molecule has 0 spiro atoms. The summed E-state index contributed by atoms with van der Waals surface area (Å²) in [7, 11) is 1.30. The smallest absolute Gasteiger partial charge is 0.343 e. The minimum absolute atomic E-state index is 0.162. The van der Waals surface area contributed by atoms with Gasteiger partial charge < -0.3 is 15.2 Å². The van der Waals surface area contributed by atoms with Crippen molar-refractivity contribution in [1.29, 1.82) is 0 Å². The van der Waals surface area contributed by atoms with Crippen molar-refractivity contribution in [3.63, 3.8) is 0 Å². The van der Waals surface area contributed by atoms with E-state index in [1.807, 2.05) is 32.0 Å². The first-order chi connectivity index (χ1) is 12.5. The number of halogens is 2. The maximum Gasteiger partial charge on any atom is 0.343 e. The van der Waals surface area contributed by atoms with Crippen LogP contribution in [-0.4, -0.2) is 19.7 Å². The molecule has 0 saturated heterocycles. The van der Waals surface area contributed by atoms with Gasteiger partial charge in [0.15, 0.2) is 6.61 Å². The predicted octanol–water partition coefficient (Wildman–Crippen LogP) is 5.28. The summed E-state index contributed by atoms with van der Waals surface area (Å²) in [6.45, 7) is 6.35. The fourth-order valence-corrected chi connectivity index (χ4v) is 2.12. The van der Waals surface area contributed by atoms with Crippen LogP contribution in [0.3, 0.4) is 0 Å². The Morgan fingerprint density at radius 1 is 1.08 bits per heavy atom. The number of carbonyl (C=O) groups is 1. The van der Waals surface area contributed by atoms with E-state index in [0.29, 0.717) is 17.3 Å². The molecule has 0 amide bonds. The molecular formula is C20H27Cl2NO3. The summed E-state index contributed by atoms with van der Waals surface area (Å²) < 4.78 is 9.61. The van der Waals surface area contributed by atoms with E-state index >= 15 is 0 Å². The Kier molecular flexibility index (Phi) is 13.5. The zero-order valence-corrected chi connectivity index (χ0v) is 17.2. The van der Waals surface area contributed by atoms with Gasteiger partial charge in [-0.05, 0) is 41.8 Å². The van der Waals surface area contributed by atoms with Crippen molar-refractivity contribution < 1.29 is 14.3 Å². The van der Waals surface area contributed by atoms with E-state index in [-0.39, 0.29) is 6.61 Å². The Hall–Kier alpha value is -1.75. The summed E-state index contributed by atoms with van der Waals surface area (Å²) in [6.07, 6.45) is 1.06. The van der Waals surface area contributed by atoms with E-state index in [1.54, 1.807) is 18.2 Å². The molecule has 0 heterocycles. The van der Waals surface area contributed by atoms with Crippen LogP contribution in [0.15, 0.2) is 42.5 Å². The minimum atomic E-state index is -0.454. The van der Waals surface area contributed by atoms with Gasteiger partial charge in [0, 0.05) is 11.6 Å². The van der Waals surface area contributed by atoms with E-state index in [1.165, 1.54) is 12.7 Å². The molecule has 0 saturated carbocycles. The zero-order valence-electron chi connectivity index (χ0n) is 15.7. The van der Waals surface area contributed by atoms with Crippen molar-refractivity contribution in [1.82, 2.24) is 0 Å². The third-order valence-corrected chi connectivity index (χ3v) is 3.65. The third-order valence-electron chi connectivity index (χ3n) is 3.10. The van der Waals surface area contributed by atoms with Gasteiger partial charge in [-0.15, -0.1) is 0 Å². The number of methoxy groups -OCH3 is 1. The van der Waals surface area contributed by atoms with Gasteiger partial charge in [0.2, 0.25) is 0 Å². The van der Waals surface area contributed by atoms with Crippen molar-refractivity contribution in [2.45, 2.75) is 33.7 Å². The molecule has 4 nitrogen and oxygen atoms in total. The molecule has 2 rings (SSSR count). The molecule has 0 aliphatic carbocycles. The number of ether oxygens (including phenoxy) is 2. The Labute approximate surface area is 166 Å². The molecular weight excluding hydrogens is 373 g/mol. The van der Waals surface area contributed by atoms with E-state index in [9.17, 15) is 4.79 Å². The fourth-order valence-electron chi connectivity index (χ4n) is 1.74. The number of nitrogens with two attached hydrogens (primary N) is 1. The van der Waals surface area contributed by atoms with Gasteiger partial charge in [-0.3, -0.25) is 0 Å². The lowest BCUT2D eigenvalue weighted by molar-refractivity contribution is -0.142. The van der Waals surface area contributed by atoms with Crippen LogP contribution < -0.4 is 10.5 Å². The summed E-state index contributed by atoms with van der Waals surface area (Å²) in [5.41, 5.74) is 7.64. The highest BCUT2D eigenvalue weighted by Gasteiger charge is 2.06. The van der Waals surface area contributed by atoms with Crippen LogP contribution >= 0.6 is 23.2 Å². The second-order valence-corrected chi connectivity index (χ2v) is 5.66. The Bertz CT molecular complexity index is 663. The fraction of sp³-hybridized carbons (Fsp3) is 0.350. The molecule has 0 bridgehead atoms. The Balaban J connectivity index is 0.000000484. The standard InChI is InChI=1S/C10H12ClNO3.C8H9Cl.C2H6/c1-14-10(13)6-15-9-4-7(5-12)2-3-8(9)11;1-2-7-4-3-5-8(9)6-7;1-2/h2-4H,5-6,12H2,1H3;3-6H,2H2,1H3;1-2H3. The van der Waals surface area contributed by atoms with Crippen molar-refractivity contribution in [2.24, 2.45) is 5.73 Å². The Morgan fingerprint density at radius 2 is 1.77 bits per heavy atom. The molecule has 0 atom stereocenters. The first-order valence-electron chi connectivity index (χ1n) is 8.42. The topological polar surface area (TPSA) is 61.5 Å². The third kappa shape index (κ3) is 9.66. The number of hydrogen-bond donors (Lipinski definition) is 1. The first kappa shape index (κ1) is 24.2. The molecule has 0 aliphatic rings. The summed E-state index contributed by atoms with van der Waals surface area (Å²) in [5, 5.41) is 1.27. The number of carbonyl (C=O) groups excluding carboxylic acids is 1. The maximum atomic E-state index is 10.8. The molecule has 6 heteroatoms. The number of rotatable bonds is 5. The van der Waals surface area contributed by atoms with E-state index < -0.39 is 5.97 Å². The SMILES string of the molecule is CC.CCc1cccc(Cl)c1.COC(=O)COc1cc(CN)ccc1Cl. The highest BCUT2D eigenvalue weighted by atomic mass is 35.5. The highest BCUT2D eigenvalue weighted by Crippen LogP contribution is 2.25. The minimum Gasteiger partial charge on any atom is -0.480 e. The molecule has 26 heavy (non-hydrogen) atoms. The number of esters is 1. The lowest BCUT2D eigenvalue weighted by Crippen LogP contribution is -2.13. The van der Waals surface area contributed by atoms with Crippen LogP contribution in [0.4, 0.5) is 0 Å². The predicted molar refractivity (Wildman–Crippen MR) is 109 cm³/mol. The van der Waals surface area contributed by atoms with Crippen LogP contribution in [0.25, 0.3) is 0 Å². The van der Waals surface area contributed by atoms with Gasteiger partial charge in [0.25, 0.3) is 0 Å². The van der Waals surface area contributed by atoms with E-state index in [2.05, 4.69) is 17.7 Å². The summed E-state index contributed by atoms with van der Waals surface area (Å²) in [5.74, 6) is -0.0192. The molecule has 0 aliphatic heterocycles. The monoisotopic (exact) mass is 399 g/mol. The second-order valence-electron chi connectivity index (χ2n) is 4.82. The van der Waals surface area contributed by atoms with E-state index in [4.69, 9.17) is 33.7 Å². The van der Waals surface area contributed by atoms with Crippen molar-refractivity contribution in [3.05, 3.63) is 63.6 Å². The molecule has 2 N–H and O–H groups in total. The quantitative estimate of drug-likeness (QED) is 0.694. The Morgan fingerprint density at radius 3 is 2.27 bits per heavy atom. The van der Waals surface area contributed by atoms with Gasteiger partial charge in [-0.25, -0.2) is 4.79 Å². The van der Waals surface area contributed by atoms with Gasteiger partial charge in [0.05, 0.1) is 12.1 Å². The van der Waals surface area contributed by atoms with Crippen LogP contribution in [0.5, 0.6) is 5.75 Å². The molecule has 144 valence electrons. The average molecular weight is 400 g/mol. The lowest BCUT2D eigenvalue weighted by atomic mass is 10.2. The average Bonchev–Trinajstić information content (AvgIpc) is 2.69. The molecule has 0 fully saturated rings. The molecule has 2 aromatic carbocycles. The van der Waals surface area contributed by atoms with Crippen LogP contribution in [0.2, 0.25) is 10.0 Å². The van der Waals surface area contributed by atoms with Crippen LogP contribution in [0.1, 0.15) is 31.9 Å². The van der Waals surface area contributed by atoms with Gasteiger partial charge in [-0.1, -0.05) is 62.2 Å². The summed E-state index contributed by atoms with van der Waals surface area (Å²) in [6, 6.07) is 13.1. The van der Waals surface area contributed by atoms with Gasteiger partial charge >= 0.3 is 5.97 Å². The molecule has 0 unspecified atom stereocenters. The summed E-state index contributed by atoms with van der Waals surface area (Å²) >= 11 is 11.6. The lowest BCUT2D eigenvalue weighted by Gasteiger charge is -2.08. The van der Waals surface area contributed by atoms with Crippen molar-refractivity contribution in [2.75, 3.05) is 13.7 Å². The van der Waals surface area contributed by atoms with E-state index in [0.717, 1.165) is 17.0 Å². The van der Waals surface area contributed by atoms with Gasteiger partial charge in [0.1, 0.15) is 5.75 Å². The number of hydrogen-bond acceptors (Lipinski definition) is 4. The van der Waals surface area contributed by atoms with Crippen molar-refractivity contribution in [3.8, 4) is 5.75 Å². The normalized spacial score (nSPS) is 9.19. The molecule has 2 aromatic rings. The number of benzene rings is 2. The maximum absolute atomic E-state index is 10.8. The summed E-state index contributed by atoms with van der Waals surface area (Å²) in [4.78, 5) is 10.8. The van der Waals surface area contributed by atoms with Crippen molar-refractivity contribution >= 4 is 29.2 Å². The molecule has 0 aromatic heterocycles. The largest absolute Gasteiger partial charge is 0.480 e. The van der Waals surface area contributed by atoms with Crippen LogP contribution in [-0.2, 0) is 22.5 Å². The van der Waals surface area contributed by atoms with Gasteiger partial charge in [-0.2, -0.15) is 0 Å². The zero-order chi connectivity index (χ0) is 19.9. The highest BCUT2D eigenvalue weighted by molar-refractivity contribution is 6.32.